The van der Waals surface area contributed by atoms with Crippen LogP contribution in [0.3, 0.4) is 0 Å². The predicted octanol–water partition coefficient (Wildman–Crippen LogP) is 2.98. The molecule has 3 rings (SSSR count). The molecule has 6 heteroatoms. The zero-order chi connectivity index (χ0) is 18.6. The lowest BCUT2D eigenvalue weighted by atomic mass is 9.88. The summed E-state index contributed by atoms with van der Waals surface area (Å²) in [5.74, 6) is 1.32. The van der Waals surface area contributed by atoms with Crippen LogP contribution >= 0.6 is 0 Å². The molecule has 2 fully saturated rings. The Kier molecular flexibility index (Phi) is 6.04. The Labute approximate surface area is 155 Å². The van der Waals surface area contributed by atoms with Gasteiger partial charge in [0.2, 0.25) is 0 Å². The Morgan fingerprint density at radius 3 is 2.58 bits per heavy atom. The molecule has 1 aromatic carbocycles. The standard InChI is InChI=1S/C20H30N2O4/c1-20(2)18(16-4-6-17(24-3)7-5-16)26-13-10-22(20)19(23)21-14-15-8-11-25-12-9-15/h4-7,15,18H,8-14H2,1-3H3,(H,21,23). The molecule has 0 saturated carbocycles. The molecule has 2 aliphatic heterocycles. The molecule has 2 aliphatic rings. The van der Waals surface area contributed by atoms with Gasteiger partial charge in [0, 0.05) is 26.3 Å². The maximum absolute atomic E-state index is 12.8. The first-order valence-corrected chi connectivity index (χ1v) is 9.41. The molecule has 2 saturated heterocycles. The van der Waals surface area contributed by atoms with Crippen LogP contribution in [-0.4, -0.2) is 56.5 Å². The average molecular weight is 362 g/mol. The lowest BCUT2D eigenvalue weighted by molar-refractivity contribution is -0.0953. The molecule has 0 spiro atoms. The van der Waals surface area contributed by atoms with E-state index in [2.05, 4.69) is 19.2 Å². The van der Waals surface area contributed by atoms with Gasteiger partial charge in [0.25, 0.3) is 0 Å². The van der Waals surface area contributed by atoms with Crippen molar-refractivity contribution in [2.45, 2.75) is 38.3 Å². The number of methoxy groups -OCH3 is 1. The van der Waals surface area contributed by atoms with E-state index in [9.17, 15) is 4.79 Å². The Morgan fingerprint density at radius 1 is 1.23 bits per heavy atom. The number of hydrogen-bond donors (Lipinski definition) is 1. The number of ether oxygens (including phenoxy) is 3. The molecule has 26 heavy (non-hydrogen) atoms. The normalized spacial score (nSPS) is 23.5. The van der Waals surface area contributed by atoms with Gasteiger partial charge in [-0.3, -0.25) is 0 Å². The van der Waals surface area contributed by atoms with Crippen molar-refractivity contribution in [1.29, 1.82) is 0 Å². The smallest absolute Gasteiger partial charge is 0.318 e. The fourth-order valence-corrected chi connectivity index (χ4v) is 3.82. The third-order valence-corrected chi connectivity index (χ3v) is 5.48. The van der Waals surface area contributed by atoms with Crippen molar-refractivity contribution >= 4 is 6.03 Å². The van der Waals surface area contributed by atoms with Crippen LogP contribution in [-0.2, 0) is 9.47 Å². The van der Waals surface area contributed by atoms with Gasteiger partial charge in [-0.25, -0.2) is 4.79 Å². The topological polar surface area (TPSA) is 60.0 Å². The van der Waals surface area contributed by atoms with Crippen molar-refractivity contribution in [2.24, 2.45) is 5.92 Å². The van der Waals surface area contributed by atoms with Crippen LogP contribution in [0.5, 0.6) is 5.75 Å². The second-order valence-corrected chi connectivity index (χ2v) is 7.57. The number of nitrogens with zero attached hydrogens (tertiary/aromatic N) is 1. The summed E-state index contributed by atoms with van der Waals surface area (Å²) in [5, 5.41) is 3.12. The summed E-state index contributed by atoms with van der Waals surface area (Å²) in [5.41, 5.74) is 0.616. The molecule has 2 amide bonds. The monoisotopic (exact) mass is 362 g/mol. The van der Waals surface area contributed by atoms with E-state index >= 15 is 0 Å². The Hall–Kier alpha value is -1.79. The molecule has 0 aliphatic carbocycles. The second-order valence-electron chi connectivity index (χ2n) is 7.57. The Balaban J connectivity index is 1.65. The van der Waals surface area contributed by atoms with Crippen LogP contribution in [0.4, 0.5) is 4.79 Å². The van der Waals surface area contributed by atoms with E-state index in [1.54, 1.807) is 7.11 Å². The van der Waals surface area contributed by atoms with E-state index in [1.807, 2.05) is 29.2 Å². The van der Waals surface area contributed by atoms with E-state index < -0.39 is 5.54 Å². The molecule has 1 atom stereocenters. The third kappa shape index (κ3) is 4.13. The molecule has 2 heterocycles. The van der Waals surface area contributed by atoms with Crippen LogP contribution in [0.2, 0.25) is 0 Å². The maximum Gasteiger partial charge on any atom is 0.318 e. The van der Waals surface area contributed by atoms with Crippen LogP contribution in [0.1, 0.15) is 38.4 Å². The maximum atomic E-state index is 12.8. The minimum absolute atomic E-state index is 0.0108. The van der Waals surface area contributed by atoms with Gasteiger partial charge in [-0.05, 0) is 50.3 Å². The summed E-state index contributed by atoms with van der Waals surface area (Å²) in [4.78, 5) is 14.7. The molecule has 1 unspecified atom stereocenters. The van der Waals surface area contributed by atoms with Crippen molar-refractivity contribution in [3.8, 4) is 5.75 Å². The number of carbonyl (C=O) groups is 1. The summed E-state index contributed by atoms with van der Waals surface area (Å²) in [6, 6.07) is 7.87. The minimum Gasteiger partial charge on any atom is -0.497 e. The van der Waals surface area contributed by atoms with Crippen LogP contribution < -0.4 is 10.1 Å². The Bertz CT molecular complexity index is 596. The van der Waals surface area contributed by atoms with Crippen molar-refractivity contribution in [2.75, 3.05) is 40.0 Å². The molecule has 0 aromatic heterocycles. The molecular formula is C20H30N2O4. The second kappa shape index (κ2) is 8.27. The van der Waals surface area contributed by atoms with E-state index in [4.69, 9.17) is 14.2 Å². The number of nitrogens with one attached hydrogen (secondary N) is 1. The lowest BCUT2D eigenvalue weighted by Gasteiger charge is -2.47. The Morgan fingerprint density at radius 2 is 1.92 bits per heavy atom. The van der Waals surface area contributed by atoms with Gasteiger partial charge in [0.1, 0.15) is 11.9 Å². The fourth-order valence-electron chi connectivity index (χ4n) is 3.82. The third-order valence-electron chi connectivity index (χ3n) is 5.48. The van der Waals surface area contributed by atoms with Gasteiger partial charge >= 0.3 is 6.03 Å². The first-order chi connectivity index (χ1) is 12.5. The van der Waals surface area contributed by atoms with Crippen LogP contribution in [0.25, 0.3) is 0 Å². The van der Waals surface area contributed by atoms with Gasteiger partial charge in [0.15, 0.2) is 0 Å². The zero-order valence-electron chi connectivity index (χ0n) is 16.0. The first-order valence-electron chi connectivity index (χ1n) is 9.41. The number of amides is 2. The van der Waals surface area contributed by atoms with Crippen LogP contribution in [0.15, 0.2) is 24.3 Å². The van der Waals surface area contributed by atoms with Gasteiger partial charge in [-0.15, -0.1) is 0 Å². The number of rotatable bonds is 4. The van der Waals surface area contributed by atoms with Gasteiger partial charge in [0.05, 0.1) is 19.3 Å². The number of morpholine rings is 1. The highest BCUT2D eigenvalue weighted by atomic mass is 16.5. The SMILES string of the molecule is COc1ccc(C2OCCN(C(=O)NCC3CCOCC3)C2(C)C)cc1. The lowest BCUT2D eigenvalue weighted by Crippen LogP contribution is -2.59. The molecule has 0 radical (unpaired) electrons. The quantitative estimate of drug-likeness (QED) is 0.895. The van der Waals surface area contributed by atoms with Gasteiger partial charge in [-0.2, -0.15) is 0 Å². The predicted molar refractivity (Wildman–Crippen MR) is 99.4 cm³/mol. The van der Waals surface area contributed by atoms with Crippen molar-refractivity contribution in [3.63, 3.8) is 0 Å². The van der Waals surface area contributed by atoms with E-state index in [0.29, 0.717) is 25.6 Å². The van der Waals surface area contributed by atoms with Crippen molar-refractivity contribution < 1.29 is 19.0 Å². The highest BCUT2D eigenvalue weighted by Gasteiger charge is 2.43. The molecule has 1 N–H and O–H groups in total. The van der Waals surface area contributed by atoms with E-state index in [-0.39, 0.29) is 12.1 Å². The highest BCUT2D eigenvalue weighted by molar-refractivity contribution is 5.75. The van der Waals surface area contributed by atoms with E-state index in [1.165, 1.54) is 0 Å². The highest BCUT2D eigenvalue weighted by Crippen LogP contribution is 2.37. The molecular weight excluding hydrogens is 332 g/mol. The molecule has 144 valence electrons. The largest absolute Gasteiger partial charge is 0.497 e. The number of urea groups is 1. The van der Waals surface area contributed by atoms with Crippen molar-refractivity contribution in [1.82, 2.24) is 10.2 Å². The summed E-state index contributed by atoms with van der Waals surface area (Å²) < 4.78 is 16.7. The summed E-state index contributed by atoms with van der Waals surface area (Å²) in [6.45, 7) is 7.56. The zero-order valence-corrected chi connectivity index (χ0v) is 16.0. The summed E-state index contributed by atoms with van der Waals surface area (Å²) >= 11 is 0. The fraction of sp³-hybridized carbons (Fsp3) is 0.650. The van der Waals surface area contributed by atoms with E-state index in [0.717, 1.165) is 37.4 Å². The minimum atomic E-state index is -0.438. The first kappa shape index (κ1) is 19.0. The van der Waals surface area contributed by atoms with Gasteiger partial charge in [-0.1, -0.05) is 12.1 Å². The number of carbonyl (C=O) groups excluding carboxylic acids is 1. The molecule has 0 bridgehead atoms. The van der Waals surface area contributed by atoms with Crippen LogP contribution in [0, 0.1) is 5.92 Å². The summed E-state index contributed by atoms with van der Waals surface area (Å²) in [6.07, 6.45) is 1.86. The number of hydrogen-bond acceptors (Lipinski definition) is 4. The molecule has 6 nitrogen and oxygen atoms in total. The van der Waals surface area contributed by atoms with Crippen molar-refractivity contribution in [3.05, 3.63) is 29.8 Å². The molecule has 1 aromatic rings. The average Bonchev–Trinajstić information content (AvgIpc) is 2.66. The number of benzene rings is 1. The van der Waals surface area contributed by atoms with Gasteiger partial charge < -0.3 is 24.4 Å². The summed E-state index contributed by atoms with van der Waals surface area (Å²) in [7, 11) is 1.65.